The molecular weight excluding hydrogens is 337 g/mol. The molecule has 0 saturated heterocycles. The van der Waals surface area contributed by atoms with Gasteiger partial charge in [-0.1, -0.05) is 0 Å². The number of carbonyl (C=O) groups is 2. The van der Waals surface area contributed by atoms with Crippen LogP contribution in [0, 0.1) is 5.82 Å². The van der Waals surface area contributed by atoms with Gasteiger partial charge >= 0.3 is 6.09 Å². The average Bonchev–Trinajstić information content (AvgIpc) is 2.85. The molecule has 1 heterocycles. The van der Waals surface area contributed by atoms with Gasteiger partial charge in [0, 0.05) is 23.6 Å². The molecule has 7 heteroatoms. The summed E-state index contributed by atoms with van der Waals surface area (Å²) in [5.41, 5.74) is 0.213. The predicted octanol–water partition coefficient (Wildman–Crippen LogP) is 3.27. The molecule has 0 radical (unpaired) electrons. The maximum Gasteiger partial charge on any atom is 0.407 e. The number of rotatable bonds is 5. The second-order valence-corrected chi connectivity index (χ2v) is 7.97. The van der Waals surface area contributed by atoms with E-state index in [4.69, 9.17) is 4.74 Å². The van der Waals surface area contributed by atoms with Crippen LogP contribution in [0.25, 0.3) is 10.9 Å². The second-order valence-electron chi connectivity index (χ2n) is 7.97. The summed E-state index contributed by atoms with van der Waals surface area (Å²) in [6.07, 6.45) is 1.33. The Balaban J connectivity index is 1.92. The van der Waals surface area contributed by atoms with Crippen molar-refractivity contribution in [1.82, 2.24) is 15.6 Å². The SMILES string of the molecule is CC(C)(CNC(=O)OC(C)(C)C)NC(=O)Cc1c[nH]c2cc(F)ccc12. The summed E-state index contributed by atoms with van der Waals surface area (Å²) in [5, 5.41) is 6.36. The van der Waals surface area contributed by atoms with E-state index < -0.39 is 17.2 Å². The fourth-order valence-electron chi connectivity index (χ4n) is 2.55. The highest BCUT2D eigenvalue weighted by molar-refractivity contribution is 5.89. The molecule has 0 saturated carbocycles. The zero-order valence-corrected chi connectivity index (χ0v) is 15.8. The number of aromatic amines is 1. The highest BCUT2D eigenvalue weighted by Gasteiger charge is 2.24. The molecule has 1 aromatic carbocycles. The van der Waals surface area contributed by atoms with Gasteiger partial charge in [-0.2, -0.15) is 0 Å². The Labute approximate surface area is 152 Å². The van der Waals surface area contributed by atoms with Gasteiger partial charge in [0.2, 0.25) is 5.91 Å². The number of hydrogen-bond acceptors (Lipinski definition) is 3. The molecule has 2 amide bonds. The van der Waals surface area contributed by atoms with E-state index in [1.54, 1.807) is 33.0 Å². The largest absolute Gasteiger partial charge is 0.444 e. The van der Waals surface area contributed by atoms with Gasteiger partial charge in [0.05, 0.1) is 12.0 Å². The minimum absolute atomic E-state index is 0.154. The fourth-order valence-corrected chi connectivity index (χ4v) is 2.55. The van der Waals surface area contributed by atoms with Gasteiger partial charge in [-0.05, 0) is 58.4 Å². The van der Waals surface area contributed by atoms with E-state index in [0.717, 1.165) is 10.9 Å². The number of amides is 2. The van der Waals surface area contributed by atoms with E-state index >= 15 is 0 Å². The van der Waals surface area contributed by atoms with Gasteiger partial charge < -0.3 is 20.4 Å². The molecule has 0 fully saturated rings. The van der Waals surface area contributed by atoms with E-state index in [0.29, 0.717) is 5.52 Å². The molecule has 0 atom stereocenters. The van der Waals surface area contributed by atoms with Crippen LogP contribution in [0.3, 0.4) is 0 Å². The van der Waals surface area contributed by atoms with Gasteiger partial charge in [0.25, 0.3) is 0 Å². The van der Waals surface area contributed by atoms with Crippen LogP contribution in [0.4, 0.5) is 9.18 Å². The zero-order valence-electron chi connectivity index (χ0n) is 15.8. The lowest BCUT2D eigenvalue weighted by atomic mass is 10.0. The minimum Gasteiger partial charge on any atom is -0.444 e. The highest BCUT2D eigenvalue weighted by Crippen LogP contribution is 2.20. The lowest BCUT2D eigenvalue weighted by Crippen LogP contribution is -2.52. The number of nitrogens with one attached hydrogen (secondary N) is 3. The van der Waals surface area contributed by atoms with Crippen LogP contribution in [-0.2, 0) is 16.0 Å². The summed E-state index contributed by atoms with van der Waals surface area (Å²) in [5.74, 6) is -0.518. The third-order valence-electron chi connectivity index (χ3n) is 3.63. The summed E-state index contributed by atoms with van der Waals surface area (Å²) in [6, 6.07) is 4.41. The molecule has 0 spiro atoms. The maximum absolute atomic E-state index is 13.2. The number of H-pyrrole nitrogens is 1. The first-order valence-corrected chi connectivity index (χ1v) is 8.49. The first kappa shape index (κ1) is 19.8. The Kier molecular flexibility index (Phi) is 5.59. The van der Waals surface area contributed by atoms with Gasteiger partial charge in [0.1, 0.15) is 11.4 Å². The van der Waals surface area contributed by atoms with Gasteiger partial charge in [-0.15, -0.1) is 0 Å². The maximum atomic E-state index is 13.2. The van der Waals surface area contributed by atoms with Crippen LogP contribution < -0.4 is 10.6 Å². The minimum atomic E-state index is -0.647. The van der Waals surface area contributed by atoms with Gasteiger partial charge in [0.15, 0.2) is 0 Å². The number of benzene rings is 1. The molecule has 6 nitrogen and oxygen atoms in total. The van der Waals surface area contributed by atoms with Gasteiger partial charge in [-0.25, -0.2) is 9.18 Å². The number of halogens is 1. The molecule has 2 aromatic rings. The Morgan fingerprint density at radius 1 is 1.19 bits per heavy atom. The molecule has 26 heavy (non-hydrogen) atoms. The number of fused-ring (bicyclic) bond motifs is 1. The molecule has 3 N–H and O–H groups in total. The third-order valence-corrected chi connectivity index (χ3v) is 3.63. The van der Waals surface area contributed by atoms with Crippen LogP contribution in [0.2, 0.25) is 0 Å². The van der Waals surface area contributed by atoms with E-state index in [2.05, 4.69) is 15.6 Å². The topological polar surface area (TPSA) is 83.2 Å². The molecule has 0 aliphatic carbocycles. The molecule has 2 rings (SSSR count). The Bertz CT molecular complexity index is 806. The van der Waals surface area contributed by atoms with Crippen molar-refractivity contribution in [2.75, 3.05) is 6.54 Å². The molecular formula is C19H26FN3O3. The summed E-state index contributed by atoms with van der Waals surface area (Å²) in [7, 11) is 0. The number of hydrogen-bond donors (Lipinski definition) is 3. The normalized spacial score (nSPS) is 12.1. The van der Waals surface area contributed by atoms with Crippen molar-refractivity contribution in [2.24, 2.45) is 0 Å². The van der Waals surface area contributed by atoms with Crippen molar-refractivity contribution < 1.29 is 18.7 Å². The van der Waals surface area contributed by atoms with Gasteiger partial charge in [-0.3, -0.25) is 4.79 Å². The second kappa shape index (κ2) is 7.35. The lowest BCUT2D eigenvalue weighted by molar-refractivity contribution is -0.122. The average molecular weight is 363 g/mol. The summed E-state index contributed by atoms with van der Waals surface area (Å²) in [4.78, 5) is 27.1. The van der Waals surface area contributed by atoms with E-state index in [-0.39, 0.29) is 24.7 Å². The zero-order chi connectivity index (χ0) is 19.5. The molecule has 142 valence electrons. The van der Waals surface area contributed by atoms with Crippen LogP contribution in [0.5, 0.6) is 0 Å². The number of aromatic nitrogens is 1. The molecule has 0 bridgehead atoms. The molecule has 0 aliphatic heterocycles. The van der Waals surface area contributed by atoms with Crippen LogP contribution in [-0.4, -0.2) is 34.7 Å². The molecule has 0 aliphatic rings. The van der Waals surface area contributed by atoms with Crippen LogP contribution in [0.1, 0.15) is 40.2 Å². The Hall–Kier alpha value is -2.57. The van der Waals surface area contributed by atoms with Crippen molar-refractivity contribution in [2.45, 2.75) is 52.2 Å². The van der Waals surface area contributed by atoms with Crippen molar-refractivity contribution in [3.63, 3.8) is 0 Å². The summed E-state index contributed by atoms with van der Waals surface area (Å²) in [6.45, 7) is 9.21. The Morgan fingerprint density at radius 3 is 2.54 bits per heavy atom. The molecule has 0 unspecified atom stereocenters. The Morgan fingerprint density at radius 2 is 1.88 bits per heavy atom. The first-order chi connectivity index (χ1) is 12.0. The van der Waals surface area contributed by atoms with Crippen molar-refractivity contribution in [3.8, 4) is 0 Å². The smallest absolute Gasteiger partial charge is 0.407 e. The standard InChI is InChI=1S/C19H26FN3O3/c1-18(2,3)26-17(25)22-11-19(4,5)23-16(24)8-12-10-21-15-9-13(20)6-7-14(12)15/h6-7,9-10,21H,8,11H2,1-5H3,(H,22,25)(H,23,24). The highest BCUT2D eigenvalue weighted by atomic mass is 19.1. The predicted molar refractivity (Wildman–Crippen MR) is 98.4 cm³/mol. The van der Waals surface area contributed by atoms with Crippen molar-refractivity contribution >= 4 is 22.9 Å². The van der Waals surface area contributed by atoms with Crippen LogP contribution >= 0.6 is 0 Å². The quantitative estimate of drug-likeness (QED) is 0.762. The lowest BCUT2D eigenvalue weighted by Gasteiger charge is -2.27. The van der Waals surface area contributed by atoms with Crippen LogP contribution in [0.15, 0.2) is 24.4 Å². The first-order valence-electron chi connectivity index (χ1n) is 8.49. The van der Waals surface area contributed by atoms with Crippen molar-refractivity contribution in [3.05, 3.63) is 35.8 Å². The number of carbonyl (C=O) groups excluding carboxylic acids is 2. The monoisotopic (exact) mass is 363 g/mol. The third kappa shape index (κ3) is 5.75. The van der Waals surface area contributed by atoms with Crippen molar-refractivity contribution in [1.29, 1.82) is 0 Å². The number of alkyl carbamates (subject to hydrolysis) is 1. The number of ether oxygens (including phenoxy) is 1. The summed E-state index contributed by atoms with van der Waals surface area (Å²) < 4.78 is 18.4. The van der Waals surface area contributed by atoms with E-state index in [1.165, 1.54) is 12.1 Å². The van der Waals surface area contributed by atoms with E-state index in [9.17, 15) is 14.0 Å². The summed E-state index contributed by atoms with van der Waals surface area (Å²) >= 11 is 0. The fraction of sp³-hybridized carbons (Fsp3) is 0.474. The molecule has 1 aromatic heterocycles. The van der Waals surface area contributed by atoms with E-state index in [1.807, 2.05) is 13.8 Å².